The molecule has 1 aromatic heterocycles. The van der Waals surface area contributed by atoms with Crippen molar-refractivity contribution >= 4 is 5.97 Å². The van der Waals surface area contributed by atoms with Crippen LogP contribution >= 0.6 is 0 Å². The molecule has 0 amide bonds. The minimum absolute atomic E-state index is 0.00781. The molecule has 2 heterocycles. The number of carbonyl (C=O) groups is 1. The quantitative estimate of drug-likeness (QED) is 0.780. The number of nitrogens with one attached hydrogen (secondary N) is 1. The molecule has 0 spiro atoms. The van der Waals surface area contributed by atoms with E-state index in [4.69, 9.17) is 9.84 Å². The maximum atomic E-state index is 10.7. The Hall–Kier alpha value is -1.62. The van der Waals surface area contributed by atoms with Crippen LogP contribution < -0.4 is 10.1 Å². The monoisotopic (exact) mass is 222 g/mol. The summed E-state index contributed by atoms with van der Waals surface area (Å²) in [6, 6.07) is 3.65. The van der Waals surface area contributed by atoms with E-state index in [-0.39, 0.29) is 6.42 Å². The molecule has 1 saturated heterocycles. The average molecular weight is 222 g/mol. The highest BCUT2D eigenvalue weighted by molar-refractivity contribution is 5.68. The Morgan fingerprint density at radius 2 is 2.38 bits per heavy atom. The number of carboxylic acids is 1. The lowest BCUT2D eigenvalue weighted by atomic mass is 9.92. The van der Waals surface area contributed by atoms with E-state index in [9.17, 15) is 4.79 Å². The predicted molar refractivity (Wildman–Crippen MR) is 57.5 cm³/mol. The van der Waals surface area contributed by atoms with Crippen LogP contribution in [0.3, 0.4) is 0 Å². The van der Waals surface area contributed by atoms with Gasteiger partial charge in [0.15, 0.2) is 0 Å². The summed E-state index contributed by atoms with van der Waals surface area (Å²) in [6.45, 7) is 3.02. The normalized spacial score (nSPS) is 17.6. The molecule has 2 rings (SSSR count). The van der Waals surface area contributed by atoms with Gasteiger partial charge in [0.25, 0.3) is 0 Å². The standard InChI is InChI=1S/C11H14N2O3/c1-8-2-3-9(5-13-8)16-11(4-10(14)15)6-12-7-11/h2-3,5,12H,4,6-7H2,1H3,(H,14,15). The SMILES string of the molecule is Cc1ccc(OC2(CC(=O)O)CNC2)cn1. The molecule has 0 radical (unpaired) electrons. The Morgan fingerprint density at radius 3 is 2.81 bits per heavy atom. The van der Waals surface area contributed by atoms with E-state index < -0.39 is 11.6 Å². The van der Waals surface area contributed by atoms with Crippen molar-refractivity contribution in [3.63, 3.8) is 0 Å². The zero-order valence-electron chi connectivity index (χ0n) is 9.06. The van der Waals surface area contributed by atoms with Crippen LogP contribution in [0.25, 0.3) is 0 Å². The maximum Gasteiger partial charge on any atom is 0.307 e. The van der Waals surface area contributed by atoms with E-state index in [1.807, 2.05) is 19.1 Å². The molecule has 0 atom stereocenters. The fraction of sp³-hybridized carbons (Fsp3) is 0.455. The maximum absolute atomic E-state index is 10.7. The van der Waals surface area contributed by atoms with E-state index in [2.05, 4.69) is 10.3 Å². The van der Waals surface area contributed by atoms with Crippen LogP contribution in [-0.4, -0.2) is 34.8 Å². The molecule has 0 saturated carbocycles. The summed E-state index contributed by atoms with van der Waals surface area (Å²) < 4.78 is 5.70. The van der Waals surface area contributed by atoms with Gasteiger partial charge in [0.1, 0.15) is 11.4 Å². The Morgan fingerprint density at radius 1 is 1.62 bits per heavy atom. The molecule has 16 heavy (non-hydrogen) atoms. The van der Waals surface area contributed by atoms with Crippen LogP contribution in [0.4, 0.5) is 0 Å². The summed E-state index contributed by atoms with van der Waals surface area (Å²) in [7, 11) is 0. The van der Waals surface area contributed by atoms with Gasteiger partial charge >= 0.3 is 5.97 Å². The first-order chi connectivity index (χ1) is 7.60. The van der Waals surface area contributed by atoms with Gasteiger partial charge in [0.05, 0.1) is 12.6 Å². The van der Waals surface area contributed by atoms with E-state index >= 15 is 0 Å². The molecule has 5 nitrogen and oxygen atoms in total. The second-order valence-electron chi connectivity index (χ2n) is 4.09. The zero-order valence-corrected chi connectivity index (χ0v) is 9.06. The fourth-order valence-corrected chi connectivity index (χ4v) is 1.68. The number of ether oxygens (including phenoxy) is 1. The van der Waals surface area contributed by atoms with Crippen molar-refractivity contribution in [2.75, 3.05) is 13.1 Å². The van der Waals surface area contributed by atoms with Crippen molar-refractivity contribution in [2.24, 2.45) is 0 Å². The van der Waals surface area contributed by atoms with Crippen LogP contribution in [0.5, 0.6) is 5.75 Å². The van der Waals surface area contributed by atoms with Gasteiger partial charge in [-0.1, -0.05) is 0 Å². The number of hydrogen-bond donors (Lipinski definition) is 2. The molecule has 86 valence electrons. The summed E-state index contributed by atoms with van der Waals surface area (Å²) in [6.07, 6.45) is 1.63. The highest BCUT2D eigenvalue weighted by Crippen LogP contribution is 2.24. The van der Waals surface area contributed by atoms with Crippen LogP contribution in [0, 0.1) is 6.92 Å². The molecule has 0 unspecified atom stereocenters. The summed E-state index contributed by atoms with van der Waals surface area (Å²) in [5.74, 6) is -0.227. The van der Waals surface area contributed by atoms with Crippen LogP contribution in [0.1, 0.15) is 12.1 Å². The van der Waals surface area contributed by atoms with Gasteiger partial charge in [-0.25, -0.2) is 0 Å². The van der Waals surface area contributed by atoms with Gasteiger partial charge in [-0.2, -0.15) is 0 Å². The lowest BCUT2D eigenvalue weighted by molar-refractivity contribution is -0.143. The van der Waals surface area contributed by atoms with Crippen LogP contribution in [-0.2, 0) is 4.79 Å². The van der Waals surface area contributed by atoms with Gasteiger partial charge in [-0.3, -0.25) is 9.78 Å². The van der Waals surface area contributed by atoms with Crippen molar-refractivity contribution in [1.82, 2.24) is 10.3 Å². The lowest BCUT2D eigenvalue weighted by Gasteiger charge is -2.41. The molecule has 1 aliphatic heterocycles. The van der Waals surface area contributed by atoms with Crippen molar-refractivity contribution < 1.29 is 14.6 Å². The third-order valence-corrected chi connectivity index (χ3v) is 2.59. The third kappa shape index (κ3) is 2.30. The largest absolute Gasteiger partial charge is 0.482 e. The fourth-order valence-electron chi connectivity index (χ4n) is 1.68. The molecule has 0 aliphatic carbocycles. The minimum Gasteiger partial charge on any atom is -0.482 e. The molecule has 0 aromatic carbocycles. The second kappa shape index (κ2) is 4.09. The van der Waals surface area contributed by atoms with Gasteiger partial charge in [-0.15, -0.1) is 0 Å². The number of rotatable bonds is 4. The zero-order chi connectivity index (χ0) is 11.6. The van der Waals surface area contributed by atoms with Crippen LogP contribution in [0.15, 0.2) is 18.3 Å². The molecule has 1 aromatic rings. The molecular weight excluding hydrogens is 208 g/mol. The first-order valence-corrected chi connectivity index (χ1v) is 5.14. The van der Waals surface area contributed by atoms with Crippen molar-refractivity contribution in [3.05, 3.63) is 24.0 Å². The van der Waals surface area contributed by atoms with Crippen molar-refractivity contribution in [1.29, 1.82) is 0 Å². The van der Waals surface area contributed by atoms with E-state index in [1.54, 1.807) is 6.20 Å². The summed E-state index contributed by atoms with van der Waals surface area (Å²) in [5.41, 5.74) is 0.300. The number of aryl methyl sites for hydroxylation is 1. The summed E-state index contributed by atoms with van der Waals surface area (Å²) >= 11 is 0. The Kier molecular flexibility index (Phi) is 2.78. The van der Waals surface area contributed by atoms with E-state index in [0.29, 0.717) is 18.8 Å². The molecule has 1 aliphatic rings. The number of nitrogens with zero attached hydrogens (tertiary/aromatic N) is 1. The van der Waals surface area contributed by atoms with Gasteiger partial charge < -0.3 is 15.2 Å². The van der Waals surface area contributed by atoms with Gasteiger partial charge in [-0.05, 0) is 19.1 Å². The second-order valence-corrected chi connectivity index (χ2v) is 4.09. The minimum atomic E-state index is -0.846. The smallest absolute Gasteiger partial charge is 0.307 e. The molecule has 1 fully saturated rings. The lowest BCUT2D eigenvalue weighted by Crippen LogP contribution is -2.64. The van der Waals surface area contributed by atoms with Gasteiger partial charge in [0, 0.05) is 18.8 Å². The number of aromatic nitrogens is 1. The van der Waals surface area contributed by atoms with E-state index in [1.165, 1.54) is 0 Å². The molecule has 2 N–H and O–H groups in total. The van der Waals surface area contributed by atoms with Crippen LogP contribution in [0.2, 0.25) is 0 Å². The molecule has 0 bridgehead atoms. The van der Waals surface area contributed by atoms with Crippen molar-refractivity contribution in [3.8, 4) is 5.75 Å². The number of aliphatic carboxylic acids is 1. The van der Waals surface area contributed by atoms with Gasteiger partial charge in [0.2, 0.25) is 0 Å². The summed E-state index contributed by atoms with van der Waals surface area (Å²) in [5, 5.41) is 11.8. The van der Waals surface area contributed by atoms with E-state index in [0.717, 1.165) is 5.69 Å². The Bertz CT molecular complexity index is 385. The van der Waals surface area contributed by atoms with Crippen molar-refractivity contribution in [2.45, 2.75) is 18.9 Å². The molecule has 5 heteroatoms. The first-order valence-electron chi connectivity index (χ1n) is 5.14. The Balaban J connectivity index is 2.06. The predicted octanol–water partition coefficient (Wildman–Crippen LogP) is 0.586. The highest BCUT2D eigenvalue weighted by Gasteiger charge is 2.41. The average Bonchev–Trinajstić information content (AvgIpc) is 2.17. The number of hydrogen-bond acceptors (Lipinski definition) is 4. The Labute approximate surface area is 93.5 Å². The molecular formula is C11H14N2O3. The number of pyridine rings is 1. The summed E-state index contributed by atoms with van der Waals surface area (Å²) in [4.78, 5) is 14.8. The number of carboxylic acid groups (broad SMARTS) is 1. The topological polar surface area (TPSA) is 71.5 Å². The highest BCUT2D eigenvalue weighted by atomic mass is 16.5. The third-order valence-electron chi connectivity index (χ3n) is 2.59. The first kappa shape index (κ1) is 10.9.